The molecule has 0 heterocycles. The van der Waals surface area contributed by atoms with Crippen molar-refractivity contribution in [3.8, 4) is 0 Å². The van der Waals surface area contributed by atoms with Crippen molar-refractivity contribution in [1.82, 2.24) is 5.32 Å². The van der Waals surface area contributed by atoms with Crippen molar-refractivity contribution in [1.29, 1.82) is 0 Å². The van der Waals surface area contributed by atoms with Crippen LogP contribution in [0.4, 0.5) is 11.4 Å². The number of benzene rings is 1. The van der Waals surface area contributed by atoms with Gasteiger partial charge < -0.3 is 11.1 Å². The number of nitro benzene ring substituents is 1. The van der Waals surface area contributed by atoms with E-state index >= 15 is 0 Å². The van der Waals surface area contributed by atoms with E-state index in [0.29, 0.717) is 5.69 Å². The van der Waals surface area contributed by atoms with Crippen molar-refractivity contribution in [3.05, 3.63) is 33.9 Å². The number of carbonyl (C=O) groups is 1. The summed E-state index contributed by atoms with van der Waals surface area (Å²) >= 11 is 0. The van der Waals surface area contributed by atoms with Gasteiger partial charge in [0.15, 0.2) is 0 Å². The summed E-state index contributed by atoms with van der Waals surface area (Å²) in [6.45, 7) is 3.95. The lowest BCUT2D eigenvalue weighted by Gasteiger charge is -2.13. The highest BCUT2D eigenvalue weighted by molar-refractivity contribution is 5.99. The summed E-state index contributed by atoms with van der Waals surface area (Å²) in [5.41, 5.74) is 5.68. The van der Waals surface area contributed by atoms with Crippen LogP contribution in [0.3, 0.4) is 0 Å². The van der Waals surface area contributed by atoms with Crippen LogP contribution in [0.15, 0.2) is 18.2 Å². The molecule has 0 radical (unpaired) electrons. The molecule has 1 aromatic carbocycles. The minimum absolute atomic E-state index is 0.00773. The van der Waals surface area contributed by atoms with E-state index in [9.17, 15) is 14.9 Å². The van der Waals surface area contributed by atoms with Crippen LogP contribution in [0.2, 0.25) is 0 Å². The Hall–Kier alpha value is -2.11. The highest BCUT2D eigenvalue weighted by Crippen LogP contribution is 2.21. The molecule has 1 unspecified atom stereocenters. The van der Waals surface area contributed by atoms with Gasteiger partial charge in [-0.2, -0.15) is 0 Å². The average molecular weight is 265 g/mol. The number of unbranched alkanes of at least 4 members (excludes halogenated alkanes) is 1. The standard InChI is InChI=1S/C13H19N3O3/c1-3-4-5-9(2)15-13(17)11-8-10(14)6-7-12(11)16(18)19/h6-9H,3-5,14H2,1-2H3,(H,15,17). The molecule has 1 atom stereocenters. The number of hydrogen-bond donors (Lipinski definition) is 2. The molecule has 6 nitrogen and oxygen atoms in total. The normalized spacial score (nSPS) is 11.9. The molecule has 0 saturated heterocycles. The molecule has 6 heteroatoms. The van der Waals surface area contributed by atoms with Crippen molar-refractivity contribution >= 4 is 17.3 Å². The number of nitrogens with one attached hydrogen (secondary N) is 1. The van der Waals surface area contributed by atoms with Gasteiger partial charge in [0, 0.05) is 17.8 Å². The molecular weight excluding hydrogens is 246 g/mol. The highest BCUT2D eigenvalue weighted by Gasteiger charge is 2.21. The van der Waals surface area contributed by atoms with Crippen LogP contribution >= 0.6 is 0 Å². The molecule has 3 N–H and O–H groups in total. The predicted octanol–water partition coefficient (Wildman–Crippen LogP) is 2.49. The second-order valence-corrected chi connectivity index (χ2v) is 4.55. The summed E-state index contributed by atoms with van der Waals surface area (Å²) in [4.78, 5) is 22.3. The molecule has 0 saturated carbocycles. The van der Waals surface area contributed by atoms with E-state index in [-0.39, 0.29) is 17.3 Å². The number of carbonyl (C=O) groups excluding carboxylic acids is 1. The molecule has 0 spiro atoms. The van der Waals surface area contributed by atoms with Crippen LogP contribution in [0, 0.1) is 10.1 Å². The van der Waals surface area contributed by atoms with Gasteiger partial charge in [0.25, 0.3) is 11.6 Å². The van der Waals surface area contributed by atoms with Gasteiger partial charge in [-0.15, -0.1) is 0 Å². The van der Waals surface area contributed by atoms with E-state index in [4.69, 9.17) is 5.73 Å². The van der Waals surface area contributed by atoms with Crippen molar-refractivity contribution in [2.75, 3.05) is 5.73 Å². The van der Waals surface area contributed by atoms with Gasteiger partial charge in [0.2, 0.25) is 0 Å². The minimum atomic E-state index is -0.578. The molecular formula is C13H19N3O3. The van der Waals surface area contributed by atoms with E-state index in [1.165, 1.54) is 18.2 Å². The maximum Gasteiger partial charge on any atom is 0.282 e. The molecule has 0 bridgehead atoms. The Kier molecular flexibility index (Phi) is 5.29. The number of nitro groups is 1. The maximum absolute atomic E-state index is 12.0. The van der Waals surface area contributed by atoms with Gasteiger partial charge in [-0.1, -0.05) is 19.8 Å². The largest absolute Gasteiger partial charge is 0.399 e. The summed E-state index contributed by atoms with van der Waals surface area (Å²) in [6, 6.07) is 3.98. The zero-order valence-electron chi connectivity index (χ0n) is 11.2. The summed E-state index contributed by atoms with van der Waals surface area (Å²) in [5, 5.41) is 13.6. The Morgan fingerprint density at radius 1 is 1.53 bits per heavy atom. The van der Waals surface area contributed by atoms with Gasteiger partial charge >= 0.3 is 0 Å². The summed E-state index contributed by atoms with van der Waals surface area (Å²) in [7, 11) is 0. The molecule has 0 aliphatic heterocycles. The minimum Gasteiger partial charge on any atom is -0.399 e. The molecule has 1 rings (SSSR count). The Morgan fingerprint density at radius 2 is 2.21 bits per heavy atom. The Labute approximate surface area is 112 Å². The first kappa shape index (κ1) is 14.9. The molecule has 0 aliphatic rings. The zero-order valence-corrected chi connectivity index (χ0v) is 11.2. The SMILES string of the molecule is CCCCC(C)NC(=O)c1cc(N)ccc1[N+](=O)[O-]. The number of hydrogen-bond acceptors (Lipinski definition) is 4. The molecule has 1 amide bonds. The first-order valence-electron chi connectivity index (χ1n) is 6.30. The van der Waals surface area contributed by atoms with E-state index in [0.717, 1.165) is 19.3 Å². The highest BCUT2D eigenvalue weighted by atomic mass is 16.6. The van der Waals surface area contributed by atoms with Crippen LogP contribution in [-0.4, -0.2) is 16.9 Å². The van der Waals surface area contributed by atoms with Crippen molar-refractivity contribution < 1.29 is 9.72 Å². The van der Waals surface area contributed by atoms with Crippen LogP contribution < -0.4 is 11.1 Å². The van der Waals surface area contributed by atoms with Crippen LogP contribution in [0.25, 0.3) is 0 Å². The second-order valence-electron chi connectivity index (χ2n) is 4.55. The lowest BCUT2D eigenvalue weighted by Crippen LogP contribution is -2.32. The van der Waals surface area contributed by atoms with Gasteiger partial charge in [-0.05, 0) is 25.5 Å². The lowest BCUT2D eigenvalue weighted by molar-refractivity contribution is -0.385. The average Bonchev–Trinajstić information content (AvgIpc) is 2.35. The predicted molar refractivity (Wildman–Crippen MR) is 74.0 cm³/mol. The van der Waals surface area contributed by atoms with Crippen LogP contribution in [0.5, 0.6) is 0 Å². The maximum atomic E-state index is 12.0. The third-order valence-corrected chi connectivity index (χ3v) is 2.83. The fraction of sp³-hybridized carbons (Fsp3) is 0.462. The smallest absolute Gasteiger partial charge is 0.282 e. The van der Waals surface area contributed by atoms with E-state index in [1.54, 1.807) is 0 Å². The second kappa shape index (κ2) is 6.72. The molecule has 104 valence electrons. The molecule has 0 aromatic heterocycles. The number of nitrogens with zero attached hydrogens (tertiary/aromatic N) is 1. The van der Waals surface area contributed by atoms with Crippen molar-refractivity contribution in [3.63, 3.8) is 0 Å². The van der Waals surface area contributed by atoms with Gasteiger partial charge in [-0.3, -0.25) is 14.9 Å². The van der Waals surface area contributed by atoms with Gasteiger partial charge in [0.05, 0.1) is 4.92 Å². The van der Waals surface area contributed by atoms with Crippen LogP contribution in [-0.2, 0) is 0 Å². The number of amides is 1. The Balaban J connectivity index is 2.86. The van der Waals surface area contributed by atoms with Crippen molar-refractivity contribution in [2.24, 2.45) is 0 Å². The number of anilines is 1. The van der Waals surface area contributed by atoms with Crippen molar-refractivity contribution in [2.45, 2.75) is 39.2 Å². The third-order valence-electron chi connectivity index (χ3n) is 2.83. The summed E-state index contributed by atoms with van der Waals surface area (Å²) in [5.74, 6) is -0.456. The lowest BCUT2D eigenvalue weighted by atomic mass is 10.1. The first-order valence-corrected chi connectivity index (χ1v) is 6.30. The monoisotopic (exact) mass is 265 g/mol. The number of nitrogen functional groups attached to an aromatic ring is 1. The van der Waals surface area contributed by atoms with E-state index in [2.05, 4.69) is 12.2 Å². The summed E-state index contributed by atoms with van der Waals surface area (Å²) < 4.78 is 0. The molecule has 0 fully saturated rings. The molecule has 19 heavy (non-hydrogen) atoms. The number of rotatable bonds is 6. The van der Waals surface area contributed by atoms with E-state index in [1.807, 2.05) is 6.92 Å². The first-order chi connectivity index (χ1) is 8.95. The summed E-state index contributed by atoms with van der Waals surface area (Å²) in [6.07, 6.45) is 2.89. The third kappa shape index (κ3) is 4.24. The molecule has 1 aromatic rings. The molecule has 0 aliphatic carbocycles. The van der Waals surface area contributed by atoms with Gasteiger partial charge in [0.1, 0.15) is 5.56 Å². The van der Waals surface area contributed by atoms with Crippen LogP contribution in [0.1, 0.15) is 43.5 Å². The quantitative estimate of drug-likeness (QED) is 0.469. The topological polar surface area (TPSA) is 98.3 Å². The van der Waals surface area contributed by atoms with E-state index < -0.39 is 10.8 Å². The van der Waals surface area contributed by atoms with Gasteiger partial charge in [-0.25, -0.2) is 0 Å². The fourth-order valence-corrected chi connectivity index (χ4v) is 1.78. The Bertz CT molecular complexity index is 474. The zero-order chi connectivity index (χ0) is 14.4. The number of nitrogens with two attached hydrogens (primary N) is 1. The fourth-order valence-electron chi connectivity index (χ4n) is 1.78. The Morgan fingerprint density at radius 3 is 2.79 bits per heavy atom.